The minimum atomic E-state index is -0.335. The highest BCUT2D eigenvalue weighted by atomic mass is 35.5. The molecule has 2 unspecified atom stereocenters. The number of ether oxygens (including phenoxy) is 1. The number of amides is 1. The molecule has 2 aromatic heterocycles. The number of carbonyl (C=O) groups excluding carboxylic acids is 1. The lowest BCUT2D eigenvalue weighted by Gasteiger charge is -2.36. The van der Waals surface area contributed by atoms with Gasteiger partial charge in [0, 0.05) is 16.4 Å². The van der Waals surface area contributed by atoms with Gasteiger partial charge < -0.3 is 14.6 Å². The number of carbonyl (C=O) groups is 1. The number of aromatic nitrogens is 3. The number of nitrogens with one attached hydrogen (secondary N) is 1. The van der Waals surface area contributed by atoms with Crippen LogP contribution in [-0.2, 0) is 24.2 Å². The number of nitriles is 1. The molecule has 0 aliphatic heterocycles. The summed E-state index contributed by atoms with van der Waals surface area (Å²) in [6, 6.07) is 7.90. The van der Waals surface area contributed by atoms with Crippen LogP contribution in [0.15, 0.2) is 23.4 Å². The monoisotopic (exact) mass is 585 g/mol. The van der Waals surface area contributed by atoms with Gasteiger partial charge in [-0.05, 0) is 80.7 Å². The predicted octanol–water partition coefficient (Wildman–Crippen LogP) is 7.60. The van der Waals surface area contributed by atoms with E-state index >= 15 is 0 Å². The molecule has 2 heterocycles. The average Bonchev–Trinajstić information content (AvgIpc) is 3.49. The molecular weight excluding hydrogens is 550 g/mol. The molecule has 10 heteroatoms. The Morgan fingerprint density at radius 1 is 1.38 bits per heavy atom. The van der Waals surface area contributed by atoms with Crippen LogP contribution in [0.2, 0.25) is 5.02 Å². The van der Waals surface area contributed by atoms with Crippen LogP contribution >= 0.6 is 34.7 Å². The van der Waals surface area contributed by atoms with Crippen molar-refractivity contribution < 1.29 is 9.53 Å². The zero-order chi connectivity index (χ0) is 28.3. The van der Waals surface area contributed by atoms with E-state index in [9.17, 15) is 10.1 Å². The first-order chi connectivity index (χ1) is 18.6. The summed E-state index contributed by atoms with van der Waals surface area (Å²) >= 11 is 9.03. The molecule has 7 nitrogen and oxygen atoms in total. The maximum Gasteiger partial charge on any atom is 0.235 e. The largest absolute Gasteiger partial charge is 0.483 e. The molecule has 0 radical (unpaired) electrons. The fourth-order valence-corrected chi connectivity index (χ4v) is 7.21. The zero-order valence-electron chi connectivity index (χ0n) is 23.4. The van der Waals surface area contributed by atoms with Crippen LogP contribution in [0.4, 0.5) is 5.00 Å². The Hall–Kier alpha value is -2.54. The number of thioether (sulfide) groups is 1. The molecular formula is C29H36ClN5O2S2. The Bertz CT molecular complexity index is 1390. The van der Waals surface area contributed by atoms with E-state index in [2.05, 4.69) is 42.4 Å². The summed E-state index contributed by atoms with van der Waals surface area (Å²) in [5.74, 6) is 2.00. The number of nitrogens with zero attached hydrogens (tertiary/aromatic N) is 4. The molecule has 208 valence electrons. The van der Waals surface area contributed by atoms with Crippen LogP contribution < -0.4 is 10.1 Å². The quantitative estimate of drug-likeness (QED) is 0.246. The Morgan fingerprint density at radius 3 is 2.82 bits per heavy atom. The van der Waals surface area contributed by atoms with E-state index in [4.69, 9.17) is 16.3 Å². The molecule has 39 heavy (non-hydrogen) atoms. The van der Waals surface area contributed by atoms with Crippen molar-refractivity contribution in [2.24, 2.45) is 11.3 Å². The smallest absolute Gasteiger partial charge is 0.235 e. The van der Waals surface area contributed by atoms with Crippen LogP contribution in [0.1, 0.15) is 81.0 Å². The van der Waals surface area contributed by atoms with Crippen LogP contribution in [0.5, 0.6) is 5.75 Å². The molecule has 1 aromatic carbocycles. The minimum absolute atomic E-state index is 0.159. The van der Waals surface area contributed by atoms with Gasteiger partial charge in [-0.25, -0.2) is 0 Å². The van der Waals surface area contributed by atoms with Crippen LogP contribution in [0.3, 0.4) is 0 Å². The molecule has 1 amide bonds. The standard InChI is InChI=1S/C29H36ClN5O2S2/c1-7-29(5,6)19-9-11-21-22(15-31)27(39-24(21)14-19)32-25(36)16-38-28-34-33-26(35(28)8-2)18(4)37-20-10-12-23(30)17(3)13-20/h10,12-13,18-19H,7-9,11,14,16H2,1-6H3,(H,32,36). The van der Waals surface area contributed by atoms with Gasteiger partial charge in [0.1, 0.15) is 16.8 Å². The molecule has 1 aliphatic rings. The second kappa shape index (κ2) is 12.3. The predicted molar refractivity (Wildman–Crippen MR) is 159 cm³/mol. The first kappa shape index (κ1) is 29.4. The fourth-order valence-electron chi connectivity index (χ4n) is 4.99. The maximum atomic E-state index is 12.9. The third kappa shape index (κ3) is 6.45. The summed E-state index contributed by atoms with van der Waals surface area (Å²) in [7, 11) is 0. The van der Waals surface area contributed by atoms with Gasteiger partial charge in [-0.15, -0.1) is 21.5 Å². The van der Waals surface area contributed by atoms with Crippen molar-refractivity contribution in [1.29, 1.82) is 5.26 Å². The summed E-state index contributed by atoms with van der Waals surface area (Å²) < 4.78 is 8.06. The SMILES string of the molecule is CCn1c(SCC(=O)Nc2sc3c(c2C#N)CCC(C(C)(C)CC)C3)nnc1C(C)Oc1ccc(Cl)c(C)c1. The lowest BCUT2D eigenvalue weighted by Crippen LogP contribution is -2.28. The summed E-state index contributed by atoms with van der Waals surface area (Å²) in [6.45, 7) is 13.4. The van der Waals surface area contributed by atoms with E-state index in [1.165, 1.54) is 16.6 Å². The fraction of sp³-hybridized carbons (Fsp3) is 0.517. The van der Waals surface area contributed by atoms with Gasteiger partial charge in [0.15, 0.2) is 17.1 Å². The van der Waals surface area contributed by atoms with E-state index in [0.29, 0.717) is 44.8 Å². The molecule has 0 fully saturated rings. The average molecular weight is 586 g/mol. The maximum absolute atomic E-state index is 12.9. The number of aryl methyl sites for hydroxylation is 1. The number of rotatable bonds is 10. The van der Waals surface area contributed by atoms with Crippen LogP contribution in [-0.4, -0.2) is 26.4 Å². The Labute approximate surface area is 244 Å². The Kier molecular flexibility index (Phi) is 9.30. The highest BCUT2D eigenvalue weighted by Crippen LogP contribution is 2.45. The van der Waals surface area contributed by atoms with E-state index in [-0.39, 0.29) is 23.2 Å². The summed E-state index contributed by atoms with van der Waals surface area (Å²) in [4.78, 5) is 14.2. The van der Waals surface area contributed by atoms with Crippen molar-refractivity contribution >= 4 is 45.6 Å². The highest BCUT2D eigenvalue weighted by Gasteiger charge is 2.34. The molecule has 0 saturated heterocycles. The van der Waals surface area contributed by atoms with Crippen molar-refractivity contribution in [3.05, 3.63) is 50.6 Å². The third-order valence-electron chi connectivity index (χ3n) is 7.85. The molecule has 2 atom stereocenters. The molecule has 1 aliphatic carbocycles. The van der Waals surface area contributed by atoms with Crippen molar-refractivity contribution in [3.63, 3.8) is 0 Å². The molecule has 0 bridgehead atoms. The van der Waals surface area contributed by atoms with E-state index in [0.717, 1.165) is 36.8 Å². The topological polar surface area (TPSA) is 92.8 Å². The molecule has 1 N–H and O–H groups in total. The number of hydrogen-bond donors (Lipinski definition) is 1. The molecule has 0 spiro atoms. The van der Waals surface area contributed by atoms with Crippen molar-refractivity contribution in [1.82, 2.24) is 14.8 Å². The first-order valence-corrected chi connectivity index (χ1v) is 15.6. The lowest BCUT2D eigenvalue weighted by molar-refractivity contribution is -0.113. The van der Waals surface area contributed by atoms with Gasteiger partial charge in [-0.1, -0.05) is 50.6 Å². The summed E-state index contributed by atoms with van der Waals surface area (Å²) in [5, 5.41) is 23.6. The van der Waals surface area contributed by atoms with Gasteiger partial charge in [-0.3, -0.25) is 4.79 Å². The molecule has 0 saturated carbocycles. The van der Waals surface area contributed by atoms with Gasteiger partial charge in [0.05, 0.1) is 11.3 Å². The zero-order valence-corrected chi connectivity index (χ0v) is 25.8. The van der Waals surface area contributed by atoms with Gasteiger partial charge in [0.25, 0.3) is 0 Å². The Morgan fingerprint density at radius 2 is 2.15 bits per heavy atom. The second-order valence-corrected chi connectivity index (χ2v) is 13.1. The molecule has 3 aromatic rings. The summed E-state index contributed by atoms with van der Waals surface area (Å²) in [5.41, 5.74) is 2.95. The highest BCUT2D eigenvalue weighted by molar-refractivity contribution is 7.99. The van der Waals surface area contributed by atoms with Crippen LogP contribution in [0, 0.1) is 29.6 Å². The second-order valence-electron chi connectivity index (χ2n) is 10.7. The first-order valence-electron chi connectivity index (χ1n) is 13.4. The Balaban J connectivity index is 1.41. The van der Waals surface area contributed by atoms with E-state index < -0.39 is 0 Å². The molecule has 4 rings (SSSR count). The number of anilines is 1. The van der Waals surface area contributed by atoms with Crippen molar-refractivity contribution in [2.45, 2.75) is 85.0 Å². The summed E-state index contributed by atoms with van der Waals surface area (Å²) in [6.07, 6.45) is 3.74. The number of thiophene rings is 1. The lowest BCUT2D eigenvalue weighted by atomic mass is 9.69. The number of halogens is 1. The van der Waals surface area contributed by atoms with Gasteiger partial charge >= 0.3 is 0 Å². The van der Waals surface area contributed by atoms with Crippen molar-refractivity contribution in [2.75, 3.05) is 11.1 Å². The van der Waals surface area contributed by atoms with Crippen LogP contribution in [0.25, 0.3) is 0 Å². The van der Waals surface area contributed by atoms with E-state index in [1.807, 2.05) is 43.5 Å². The number of hydrogen-bond acceptors (Lipinski definition) is 7. The van der Waals surface area contributed by atoms with Gasteiger partial charge in [0.2, 0.25) is 5.91 Å². The number of fused-ring (bicyclic) bond motifs is 1. The normalized spacial score (nSPS) is 15.9. The minimum Gasteiger partial charge on any atom is -0.483 e. The van der Waals surface area contributed by atoms with Gasteiger partial charge in [-0.2, -0.15) is 5.26 Å². The number of benzene rings is 1. The van der Waals surface area contributed by atoms with Crippen molar-refractivity contribution in [3.8, 4) is 11.8 Å². The third-order valence-corrected chi connectivity index (χ3v) is 10.4. The van der Waals surface area contributed by atoms with E-state index in [1.54, 1.807) is 11.3 Å².